The zero-order valence-electron chi connectivity index (χ0n) is 9.53. The molecule has 0 aliphatic carbocycles. The Morgan fingerprint density at radius 1 is 1.44 bits per heavy atom. The number of nitrogens with zero attached hydrogens (tertiary/aromatic N) is 1. The molecule has 5 nitrogen and oxygen atoms in total. The molecule has 2 rings (SSSR count). The first-order valence-corrected chi connectivity index (χ1v) is 5.88. The summed E-state index contributed by atoms with van der Waals surface area (Å²) in [5.74, 6) is -0.876. The van der Waals surface area contributed by atoms with Gasteiger partial charge in [0.05, 0.1) is 17.1 Å². The van der Waals surface area contributed by atoms with E-state index in [9.17, 15) is 9.18 Å². The summed E-state index contributed by atoms with van der Waals surface area (Å²) in [5.41, 5.74) is 12.2. The maximum absolute atomic E-state index is 13.0. The van der Waals surface area contributed by atoms with Crippen molar-refractivity contribution in [3.8, 4) is 0 Å². The van der Waals surface area contributed by atoms with Gasteiger partial charge in [-0.1, -0.05) is 11.3 Å². The fourth-order valence-corrected chi connectivity index (χ4v) is 2.17. The maximum atomic E-state index is 13.0. The molecule has 94 valence electrons. The fraction of sp³-hybridized carbons (Fsp3) is 0.0909. The minimum absolute atomic E-state index is 0.228. The van der Waals surface area contributed by atoms with Gasteiger partial charge in [-0.25, -0.2) is 9.37 Å². The molecule has 1 heterocycles. The van der Waals surface area contributed by atoms with E-state index in [1.165, 1.54) is 12.1 Å². The molecule has 0 radical (unpaired) electrons. The van der Waals surface area contributed by atoms with E-state index in [4.69, 9.17) is 11.5 Å². The molecule has 0 bridgehead atoms. The average molecular weight is 266 g/mol. The number of nitrogens with two attached hydrogens (primary N) is 2. The lowest BCUT2D eigenvalue weighted by atomic mass is 10.2. The van der Waals surface area contributed by atoms with Gasteiger partial charge in [-0.15, -0.1) is 0 Å². The number of amides is 1. The number of carbonyl (C=O) groups excluding carboxylic acids is 1. The third-order valence-corrected chi connectivity index (χ3v) is 3.27. The van der Waals surface area contributed by atoms with Crippen molar-refractivity contribution in [1.29, 1.82) is 0 Å². The lowest BCUT2D eigenvalue weighted by molar-refractivity contribution is 0.103. The van der Waals surface area contributed by atoms with Crippen molar-refractivity contribution in [2.45, 2.75) is 6.92 Å². The first-order chi connectivity index (χ1) is 8.47. The molecule has 2 aromatic rings. The molecule has 0 saturated carbocycles. The lowest BCUT2D eigenvalue weighted by Crippen LogP contribution is -2.13. The smallest absolute Gasteiger partial charge is 0.267 e. The average Bonchev–Trinajstić information content (AvgIpc) is 2.63. The van der Waals surface area contributed by atoms with Gasteiger partial charge >= 0.3 is 0 Å². The molecule has 0 aliphatic rings. The van der Waals surface area contributed by atoms with Crippen LogP contribution < -0.4 is 16.8 Å². The Morgan fingerprint density at radius 3 is 2.78 bits per heavy atom. The molecule has 1 amide bonds. The number of hydrogen-bond acceptors (Lipinski definition) is 5. The van der Waals surface area contributed by atoms with E-state index < -0.39 is 11.7 Å². The number of aryl methyl sites for hydroxylation is 1. The number of benzene rings is 1. The second kappa shape index (κ2) is 4.61. The summed E-state index contributed by atoms with van der Waals surface area (Å²) in [4.78, 5) is 16.3. The van der Waals surface area contributed by atoms with E-state index in [0.29, 0.717) is 21.4 Å². The highest BCUT2D eigenvalue weighted by Gasteiger charge is 2.15. The Hall–Kier alpha value is -2.15. The molecule has 0 saturated heterocycles. The molecule has 0 atom stereocenters. The Morgan fingerprint density at radius 2 is 2.17 bits per heavy atom. The highest BCUT2D eigenvalue weighted by Crippen LogP contribution is 2.24. The number of aromatic nitrogens is 1. The third-order valence-electron chi connectivity index (χ3n) is 2.28. The van der Waals surface area contributed by atoms with Crippen LogP contribution in [-0.4, -0.2) is 10.9 Å². The third kappa shape index (κ3) is 2.40. The normalized spacial score (nSPS) is 10.3. The monoisotopic (exact) mass is 266 g/mol. The first-order valence-electron chi connectivity index (χ1n) is 5.06. The Bertz CT molecular complexity index is 611. The summed E-state index contributed by atoms with van der Waals surface area (Å²) >= 11 is 1.07. The summed E-state index contributed by atoms with van der Waals surface area (Å²) in [6.45, 7) is 1.68. The molecule has 1 aromatic heterocycles. The second-order valence-corrected chi connectivity index (χ2v) is 4.68. The van der Waals surface area contributed by atoms with E-state index in [1.54, 1.807) is 6.92 Å². The van der Waals surface area contributed by atoms with Crippen LogP contribution in [0, 0.1) is 12.7 Å². The number of anilines is 3. The lowest BCUT2D eigenvalue weighted by Gasteiger charge is -2.07. The van der Waals surface area contributed by atoms with E-state index in [-0.39, 0.29) is 5.69 Å². The SMILES string of the molecule is Cc1nc(N)sc1C(=O)Nc1cc(F)ccc1N. The Labute approximate surface area is 107 Å². The molecule has 7 heteroatoms. The fourth-order valence-electron chi connectivity index (χ4n) is 1.44. The zero-order valence-corrected chi connectivity index (χ0v) is 10.3. The van der Waals surface area contributed by atoms with Crippen molar-refractivity contribution in [3.05, 3.63) is 34.6 Å². The molecule has 18 heavy (non-hydrogen) atoms. The van der Waals surface area contributed by atoms with Crippen LogP contribution in [0.5, 0.6) is 0 Å². The molecule has 1 aromatic carbocycles. The first kappa shape index (κ1) is 12.3. The van der Waals surface area contributed by atoms with Crippen LogP contribution in [0.4, 0.5) is 20.9 Å². The summed E-state index contributed by atoms with van der Waals surface area (Å²) in [5, 5.41) is 2.84. The Balaban J connectivity index is 2.26. The summed E-state index contributed by atoms with van der Waals surface area (Å²) in [6.07, 6.45) is 0. The highest BCUT2D eigenvalue weighted by molar-refractivity contribution is 7.17. The zero-order chi connectivity index (χ0) is 13.3. The van der Waals surface area contributed by atoms with Crippen LogP contribution >= 0.6 is 11.3 Å². The minimum atomic E-state index is -0.472. The van der Waals surface area contributed by atoms with Crippen molar-refractivity contribution in [3.63, 3.8) is 0 Å². The van der Waals surface area contributed by atoms with Crippen LogP contribution in [0.1, 0.15) is 15.4 Å². The summed E-state index contributed by atoms with van der Waals surface area (Å²) in [7, 11) is 0. The predicted octanol–water partition coefficient (Wildman–Crippen LogP) is 2.01. The van der Waals surface area contributed by atoms with Crippen LogP contribution in [0.3, 0.4) is 0 Å². The largest absolute Gasteiger partial charge is 0.397 e. The number of nitrogen functional groups attached to an aromatic ring is 2. The molecule has 0 unspecified atom stereocenters. The molecular formula is C11H11FN4OS. The van der Waals surface area contributed by atoms with E-state index in [0.717, 1.165) is 17.4 Å². The van der Waals surface area contributed by atoms with Crippen LogP contribution in [0.2, 0.25) is 0 Å². The maximum Gasteiger partial charge on any atom is 0.267 e. The standard InChI is InChI=1S/C11H11FN4OS/c1-5-9(18-11(14)15-5)10(17)16-8-4-6(12)2-3-7(8)13/h2-4H,13H2,1H3,(H2,14,15)(H,16,17). The number of hydrogen-bond donors (Lipinski definition) is 3. The summed E-state index contributed by atoms with van der Waals surface area (Å²) < 4.78 is 13.0. The number of halogens is 1. The topological polar surface area (TPSA) is 94.0 Å². The van der Waals surface area contributed by atoms with E-state index >= 15 is 0 Å². The van der Waals surface area contributed by atoms with Gasteiger partial charge in [0, 0.05) is 0 Å². The van der Waals surface area contributed by atoms with E-state index in [2.05, 4.69) is 10.3 Å². The molecule has 0 fully saturated rings. The van der Waals surface area contributed by atoms with Gasteiger partial charge in [0.15, 0.2) is 5.13 Å². The van der Waals surface area contributed by atoms with Gasteiger partial charge in [0.2, 0.25) is 0 Å². The molecular weight excluding hydrogens is 255 g/mol. The number of rotatable bonds is 2. The Kier molecular flexibility index (Phi) is 3.15. The molecule has 0 spiro atoms. The number of thiazole rings is 1. The van der Waals surface area contributed by atoms with Gasteiger partial charge in [-0.05, 0) is 25.1 Å². The van der Waals surface area contributed by atoms with Crippen molar-refractivity contribution < 1.29 is 9.18 Å². The van der Waals surface area contributed by atoms with Crippen molar-refractivity contribution in [1.82, 2.24) is 4.98 Å². The highest BCUT2D eigenvalue weighted by atomic mass is 32.1. The van der Waals surface area contributed by atoms with Crippen molar-refractivity contribution in [2.75, 3.05) is 16.8 Å². The van der Waals surface area contributed by atoms with E-state index in [1.807, 2.05) is 0 Å². The van der Waals surface area contributed by atoms with Gasteiger partial charge in [0.1, 0.15) is 10.7 Å². The molecule has 5 N–H and O–H groups in total. The van der Waals surface area contributed by atoms with Gasteiger partial charge in [0.25, 0.3) is 5.91 Å². The molecule has 0 aliphatic heterocycles. The van der Waals surface area contributed by atoms with Gasteiger partial charge in [-0.3, -0.25) is 4.79 Å². The van der Waals surface area contributed by atoms with Crippen molar-refractivity contribution >= 4 is 33.8 Å². The van der Waals surface area contributed by atoms with Gasteiger partial charge < -0.3 is 16.8 Å². The van der Waals surface area contributed by atoms with Crippen LogP contribution in [-0.2, 0) is 0 Å². The van der Waals surface area contributed by atoms with Crippen LogP contribution in [0.25, 0.3) is 0 Å². The second-order valence-electron chi connectivity index (χ2n) is 3.65. The quantitative estimate of drug-likeness (QED) is 0.725. The number of nitrogens with one attached hydrogen (secondary N) is 1. The summed E-state index contributed by atoms with van der Waals surface area (Å²) in [6, 6.07) is 3.77. The van der Waals surface area contributed by atoms with Crippen LogP contribution in [0.15, 0.2) is 18.2 Å². The predicted molar refractivity (Wildman–Crippen MR) is 70.0 cm³/mol. The van der Waals surface area contributed by atoms with Crippen molar-refractivity contribution in [2.24, 2.45) is 0 Å². The minimum Gasteiger partial charge on any atom is -0.397 e. The number of carbonyl (C=O) groups is 1. The van der Waals surface area contributed by atoms with Gasteiger partial charge in [-0.2, -0.15) is 0 Å².